The Morgan fingerprint density at radius 1 is 1.41 bits per heavy atom. The van der Waals surface area contributed by atoms with Crippen molar-refractivity contribution in [3.63, 3.8) is 0 Å². The van der Waals surface area contributed by atoms with Crippen LogP contribution < -0.4 is 5.32 Å². The molecule has 0 aromatic heterocycles. The van der Waals surface area contributed by atoms with Gasteiger partial charge in [0.1, 0.15) is 11.4 Å². The number of rotatable bonds is 0. The Balaban J connectivity index is 1.97. The zero-order valence-electron chi connectivity index (χ0n) is 10.3. The van der Waals surface area contributed by atoms with E-state index in [-0.39, 0.29) is 17.5 Å². The molecule has 92 valence electrons. The molecule has 3 rings (SSSR count). The molecule has 1 N–H and O–H groups in total. The smallest absolute Gasteiger partial charge is 0.123 e. The van der Waals surface area contributed by atoms with Gasteiger partial charge in [0.2, 0.25) is 0 Å². The van der Waals surface area contributed by atoms with E-state index in [1.54, 1.807) is 6.07 Å². The van der Waals surface area contributed by atoms with Gasteiger partial charge in [0.25, 0.3) is 0 Å². The number of nitrogens with one attached hydrogen (secondary N) is 1. The van der Waals surface area contributed by atoms with Gasteiger partial charge >= 0.3 is 0 Å². The first kappa shape index (κ1) is 11.2. The summed E-state index contributed by atoms with van der Waals surface area (Å²) in [4.78, 5) is 0. The summed E-state index contributed by atoms with van der Waals surface area (Å²) in [5.74, 6) is -0.147. The van der Waals surface area contributed by atoms with Crippen molar-refractivity contribution in [2.24, 2.45) is 0 Å². The van der Waals surface area contributed by atoms with Gasteiger partial charge in [-0.15, -0.1) is 0 Å². The topological polar surface area (TPSA) is 21.3 Å². The Hall–Kier alpha value is -0.930. The fraction of sp³-hybridized carbons (Fsp3) is 0.571. The zero-order valence-corrected chi connectivity index (χ0v) is 10.3. The molecule has 1 aromatic carbocycles. The van der Waals surface area contributed by atoms with E-state index in [2.05, 4.69) is 19.2 Å². The number of ether oxygens (including phenoxy) is 1. The second kappa shape index (κ2) is 3.79. The minimum absolute atomic E-state index is 0.147. The summed E-state index contributed by atoms with van der Waals surface area (Å²) in [5.41, 5.74) is 2.05. The molecular weight excluding hydrogens is 217 g/mol. The van der Waals surface area contributed by atoms with E-state index < -0.39 is 0 Å². The maximum Gasteiger partial charge on any atom is 0.123 e. The van der Waals surface area contributed by atoms with E-state index in [9.17, 15) is 4.39 Å². The highest BCUT2D eigenvalue weighted by molar-refractivity contribution is 5.38. The molecule has 3 atom stereocenters. The van der Waals surface area contributed by atoms with Gasteiger partial charge in [0.05, 0.1) is 6.10 Å². The third kappa shape index (κ3) is 1.69. The number of halogens is 1. The molecule has 3 unspecified atom stereocenters. The molecule has 0 radical (unpaired) electrons. The van der Waals surface area contributed by atoms with Crippen LogP contribution in [0.25, 0.3) is 0 Å². The molecular formula is C14H18FNO. The molecule has 2 aliphatic rings. The van der Waals surface area contributed by atoms with Crippen LogP contribution in [0.4, 0.5) is 4.39 Å². The highest BCUT2D eigenvalue weighted by atomic mass is 19.1. The molecule has 1 saturated heterocycles. The molecule has 17 heavy (non-hydrogen) atoms. The van der Waals surface area contributed by atoms with Gasteiger partial charge in [0, 0.05) is 12.6 Å². The fourth-order valence-electron chi connectivity index (χ4n) is 2.98. The first-order chi connectivity index (χ1) is 8.11. The van der Waals surface area contributed by atoms with Gasteiger partial charge in [-0.05, 0) is 49.9 Å². The van der Waals surface area contributed by atoms with Crippen molar-refractivity contribution in [3.8, 4) is 0 Å². The van der Waals surface area contributed by atoms with Gasteiger partial charge < -0.3 is 10.1 Å². The van der Waals surface area contributed by atoms with Crippen LogP contribution in [0.15, 0.2) is 18.2 Å². The van der Waals surface area contributed by atoms with Crippen LogP contribution in [-0.2, 0) is 16.8 Å². The van der Waals surface area contributed by atoms with Gasteiger partial charge in [-0.3, -0.25) is 0 Å². The second-order valence-electron chi connectivity index (χ2n) is 5.29. The highest BCUT2D eigenvalue weighted by Gasteiger charge is 2.44. The third-order valence-electron chi connectivity index (χ3n) is 4.18. The Labute approximate surface area is 101 Å². The lowest BCUT2D eigenvalue weighted by Crippen LogP contribution is -2.54. The Kier molecular flexibility index (Phi) is 2.49. The van der Waals surface area contributed by atoms with Crippen molar-refractivity contribution in [1.29, 1.82) is 0 Å². The lowest BCUT2D eigenvalue weighted by molar-refractivity contribution is -0.129. The van der Waals surface area contributed by atoms with Crippen LogP contribution in [-0.4, -0.2) is 18.7 Å². The number of morpholine rings is 1. The SMILES string of the molecule is CC1NCC2(CCc3cc(F)ccc32)OC1C. The minimum atomic E-state index is -0.227. The van der Waals surface area contributed by atoms with Crippen molar-refractivity contribution < 1.29 is 9.13 Å². The Morgan fingerprint density at radius 2 is 2.24 bits per heavy atom. The van der Waals surface area contributed by atoms with Gasteiger partial charge in [-0.1, -0.05) is 6.07 Å². The second-order valence-corrected chi connectivity index (χ2v) is 5.29. The van der Waals surface area contributed by atoms with Crippen molar-refractivity contribution in [3.05, 3.63) is 35.1 Å². The molecule has 3 heteroatoms. The van der Waals surface area contributed by atoms with E-state index in [1.807, 2.05) is 6.07 Å². The molecule has 0 bridgehead atoms. The highest BCUT2D eigenvalue weighted by Crippen LogP contribution is 2.42. The average Bonchev–Trinajstić information content (AvgIpc) is 2.63. The van der Waals surface area contributed by atoms with Crippen molar-refractivity contribution in [1.82, 2.24) is 5.32 Å². The predicted octanol–water partition coefficient (Wildman–Crippen LogP) is 2.36. The van der Waals surface area contributed by atoms with Crippen LogP contribution in [0, 0.1) is 5.82 Å². The fourth-order valence-corrected chi connectivity index (χ4v) is 2.98. The van der Waals surface area contributed by atoms with Gasteiger partial charge in [-0.2, -0.15) is 0 Å². The predicted molar refractivity (Wildman–Crippen MR) is 64.4 cm³/mol. The Bertz CT molecular complexity index is 448. The summed E-state index contributed by atoms with van der Waals surface area (Å²) >= 11 is 0. The Morgan fingerprint density at radius 3 is 3.00 bits per heavy atom. The standard InChI is InChI=1S/C14H18FNO/c1-9-10(2)17-14(8-16-9)6-5-11-7-12(15)3-4-13(11)14/h3-4,7,9-10,16H,5-6,8H2,1-2H3. The normalized spacial score (nSPS) is 36.2. The van der Waals surface area contributed by atoms with Crippen molar-refractivity contribution >= 4 is 0 Å². The molecule has 0 saturated carbocycles. The van der Waals surface area contributed by atoms with E-state index >= 15 is 0 Å². The van der Waals surface area contributed by atoms with E-state index in [4.69, 9.17) is 4.74 Å². The van der Waals surface area contributed by atoms with Crippen LogP contribution in [0.3, 0.4) is 0 Å². The summed E-state index contributed by atoms with van der Waals surface area (Å²) in [6, 6.07) is 5.46. The number of aryl methyl sites for hydroxylation is 1. The minimum Gasteiger partial charge on any atom is -0.364 e. The van der Waals surface area contributed by atoms with E-state index in [1.165, 1.54) is 11.6 Å². The summed E-state index contributed by atoms with van der Waals surface area (Å²) in [6.07, 6.45) is 2.06. The third-order valence-corrected chi connectivity index (χ3v) is 4.18. The summed E-state index contributed by atoms with van der Waals surface area (Å²) < 4.78 is 19.4. The molecule has 1 heterocycles. The van der Waals surface area contributed by atoms with Crippen LogP contribution in [0.2, 0.25) is 0 Å². The monoisotopic (exact) mass is 235 g/mol. The number of hydrogen-bond donors (Lipinski definition) is 1. The quantitative estimate of drug-likeness (QED) is 0.745. The summed E-state index contributed by atoms with van der Waals surface area (Å²) in [6.45, 7) is 5.06. The molecule has 1 spiro atoms. The molecule has 1 fully saturated rings. The first-order valence-electron chi connectivity index (χ1n) is 6.31. The van der Waals surface area contributed by atoms with Crippen LogP contribution in [0.1, 0.15) is 31.4 Å². The van der Waals surface area contributed by atoms with Crippen LogP contribution >= 0.6 is 0 Å². The molecule has 1 aliphatic carbocycles. The number of hydrogen-bond acceptors (Lipinski definition) is 2. The van der Waals surface area contributed by atoms with E-state index in [0.717, 1.165) is 24.9 Å². The number of fused-ring (bicyclic) bond motifs is 2. The summed E-state index contributed by atoms with van der Waals surface area (Å²) in [5, 5.41) is 3.50. The van der Waals surface area contributed by atoms with Gasteiger partial charge in [-0.25, -0.2) is 4.39 Å². The van der Waals surface area contributed by atoms with Gasteiger partial charge in [0.15, 0.2) is 0 Å². The lowest BCUT2D eigenvalue weighted by atomic mass is 9.92. The summed E-state index contributed by atoms with van der Waals surface area (Å²) in [7, 11) is 0. The molecule has 0 amide bonds. The largest absolute Gasteiger partial charge is 0.364 e. The molecule has 1 aliphatic heterocycles. The van der Waals surface area contributed by atoms with Crippen LogP contribution in [0.5, 0.6) is 0 Å². The maximum absolute atomic E-state index is 13.2. The molecule has 2 nitrogen and oxygen atoms in total. The molecule has 1 aromatic rings. The van der Waals surface area contributed by atoms with E-state index in [0.29, 0.717) is 6.04 Å². The maximum atomic E-state index is 13.2. The zero-order chi connectivity index (χ0) is 12.0. The van der Waals surface area contributed by atoms with Crippen molar-refractivity contribution in [2.45, 2.75) is 44.4 Å². The number of benzene rings is 1. The van der Waals surface area contributed by atoms with Crippen molar-refractivity contribution in [2.75, 3.05) is 6.54 Å². The first-order valence-corrected chi connectivity index (χ1v) is 6.31. The lowest BCUT2D eigenvalue weighted by Gasteiger charge is -2.42. The average molecular weight is 235 g/mol.